The fourth-order valence-electron chi connectivity index (χ4n) is 8.09. The predicted octanol–water partition coefficient (Wildman–Crippen LogP) is 8.98. The molecule has 2 fully saturated rings. The number of aliphatic hydroxyl groups is 1. The van der Waals surface area contributed by atoms with Crippen molar-refractivity contribution in [2.24, 2.45) is 0 Å². The van der Waals surface area contributed by atoms with Crippen LogP contribution in [0.2, 0.25) is 0 Å². The summed E-state index contributed by atoms with van der Waals surface area (Å²) < 4.78 is 60.2. The van der Waals surface area contributed by atoms with Gasteiger partial charge in [0, 0.05) is 0 Å². The third-order valence-corrected chi connectivity index (χ3v) is 11.5. The van der Waals surface area contributed by atoms with Crippen LogP contribution in [0.5, 0.6) is 0 Å². The summed E-state index contributed by atoms with van der Waals surface area (Å²) in [5.74, 6) is 0. The van der Waals surface area contributed by atoms with Gasteiger partial charge in [-0.15, -0.1) is 0 Å². The fourth-order valence-corrected chi connectivity index (χ4v) is 8.09. The van der Waals surface area contributed by atoms with E-state index in [9.17, 15) is 5.11 Å². The Labute approximate surface area is 376 Å². The van der Waals surface area contributed by atoms with E-state index in [1.807, 2.05) is 189 Å². The van der Waals surface area contributed by atoms with Gasteiger partial charge < -0.3 is 47.7 Å². The van der Waals surface area contributed by atoms with Gasteiger partial charge >= 0.3 is 0 Å². The average molecular weight is 867 g/mol. The van der Waals surface area contributed by atoms with Gasteiger partial charge in [-0.1, -0.05) is 182 Å². The first-order valence-electron chi connectivity index (χ1n) is 22.1. The molecule has 2 heterocycles. The zero-order chi connectivity index (χ0) is 43.8. The summed E-state index contributed by atoms with van der Waals surface area (Å²) in [5.41, 5.74) is 5.90. The van der Waals surface area contributed by atoms with Crippen molar-refractivity contribution in [3.05, 3.63) is 215 Å². The lowest BCUT2D eigenvalue weighted by Gasteiger charge is -2.47. The minimum atomic E-state index is -1.37. The number of aliphatic hydroxyl groups excluding tert-OH is 1. The molecule has 2 aliphatic heterocycles. The van der Waals surface area contributed by atoms with E-state index in [-0.39, 0.29) is 33.0 Å². The molecule has 2 aliphatic rings. The number of benzene rings is 6. The van der Waals surface area contributed by atoms with E-state index < -0.39 is 61.4 Å². The van der Waals surface area contributed by atoms with Crippen molar-refractivity contribution < 1.29 is 47.7 Å². The Morgan fingerprint density at radius 3 is 1.02 bits per heavy atom. The molecule has 0 radical (unpaired) electrons. The van der Waals surface area contributed by atoms with Gasteiger partial charge in [-0.3, -0.25) is 0 Å². The summed E-state index contributed by atoms with van der Waals surface area (Å²) in [6, 6.07) is 59.7. The highest BCUT2D eigenvalue weighted by Gasteiger charge is 2.51. The minimum absolute atomic E-state index is 0.0450. The Kier molecular flexibility index (Phi) is 16.9. The molecular formula is C54H58O10. The summed E-state index contributed by atoms with van der Waals surface area (Å²) in [6.45, 7) is 3.61. The maximum atomic E-state index is 11.8. The first kappa shape index (κ1) is 45.5. The molecular weight excluding hydrogens is 809 g/mol. The number of hydrogen-bond donors (Lipinski definition) is 1. The Hall–Kier alpha value is -5.08. The standard InChI is InChI=1S/C54H58O10/c1-39-47(56-32-40-20-8-2-9-21-40)49(58-34-42-24-12-4-13-25-42)52(61-37-45-30-18-7-19-31-45)54(63-39)62-38-46-48(57-33-41-22-10-3-11-23-41)50(59-35-43-26-14-5-15-27-43)51(53(55)64-46)60-36-44-28-16-6-17-29-44/h2-31,39,46-55H,32-38H2,1H3/t39-,46+,47+,48-,49+,50-,51+,52-,53+,54+/m0/s1. The minimum Gasteiger partial charge on any atom is -0.368 e. The van der Waals surface area contributed by atoms with Crippen LogP contribution in [0.25, 0.3) is 0 Å². The largest absolute Gasteiger partial charge is 0.368 e. The predicted molar refractivity (Wildman–Crippen MR) is 241 cm³/mol. The summed E-state index contributed by atoms with van der Waals surface area (Å²) in [7, 11) is 0. The van der Waals surface area contributed by atoms with Crippen LogP contribution in [0.3, 0.4) is 0 Å². The molecule has 334 valence electrons. The molecule has 0 unspecified atom stereocenters. The molecule has 2 saturated heterocycles. The van der Waals surface area contributed by atoms with Crippen LogP contribution in [0.4, 0.5) is 0 Å². The van der Waals surface area contributed by atoms with Gasteiger partial charge in [-0.25, -0.2) is 0 Å². The molecule has 0 aliphatic carbocycles. The van der Waals surface area contributed by atoms with Crippen LogP contribution in [0, 0.1) is 0 Å². The highest BCUT2D eigenvalue weighted by molar-refractivity contribution is 5.18. The summed E-state index contributed by atoms with van der Waals surface area (Å²) >= 11 is 0. The van der Waals surface area contributed by atoms with Gasteiger partial charge in [0.1, 0.15) is 42.7 Å². The summed E-state index contributed by atoms with van der Waals surface area (Å²) in [6.07, 6.45) is -7.86. The van der Waals surface area contributed by atoms with E-state index in [1.54, 1.807) is 0 Å². The first-order valence-corrected chi connectivity index (χ1v) is 22.1. The van der Waals surface area contributed by atoms with Gasteiger partial charge in [-0.05, 0) is 40.3 Å². The van der Waals surface area contributed by atoms with E-state index in [4.69, 9.17) is 42.6 Å². The molecule has 10 nitrogen and oxygen atoms in total. The Morgan fingerprint density at radius 1 is 0.344 bits per heavy atom. The van der Waals surface area contributed by atoms with E-state index >= 15 is 0 Å². The zero-order valence-corrected chi connectivity index (χ0v) is 36.2. The van der Waals surface area contributed by atoms with Crippen LogP contribution >= 0.6 is 0 Å². The summed E-state index contributed by atoms with van der Waals surface area (Å²) in [4.78, 5) is 0. The molecule has 0 amide bonds. The number of hydrogen-bond acceptors (Lipinski definition) is 10. The SMILES string of the molecule is C[C@@H]1O[C@@H](OC[C@H]2O[C@@H](O)[C@H](OCc3ccccc3)[C@@H](OCc3ccccc3)[C@H]2OCc2ccccc2)[C@@H](OCc2ccccc2)[C@H](OCc2ccccc2)[C@@H]1OCc1ccccc1. The van der Waals surface area contributed by atoms with Crippen LogP contribution in [-0.4, -0.2) is 73.1 Å². The molecule has 6 aromatic rings. The molecule has 64 heavy (non-hydrogen) atoms. The maximum Gasteiger partial charge on any atom is 0.186 e. The third kappa shape index (κ3) is 12.8. The first-order chi connectivity index (χ1) is 31.6. The van der Waals surface area contributed by atoms with Gasteiger partial charge in [0.25, 0.3) is 0 Å². The monoisotopic (exact) mass is 866 g/mol. The normalized spacial score (nSPS) is 25.8. The smallest absolute Gasteiger partial charge is 0.186 e. The number of rotatable bonds is 21. The van der Waals surface area contributed by atoms with Crippen molar-refractivity contribution in [3.8, 4) is 0 Å². The highest BCUT2D eigenvalue weighted by atomic mass is 16.7. The second-order valence-corrected chi connectivity index (χ2v) is 16.2. The third-order valence-electron chi connectivity index (χ3n) is 11.5. The fraction of sp³-hybridized carbons (Fsp3) is 0.333. The molecule has 0 saturated carbocycles. The molecule has 0 aromatic heterocycles. The van der Waals surface area contributed by atoms with Crippen LogP contribution in [0.15, 0.2) is 182 Å². The molecule has 0 bridgehead atoms. The Morgan fingerprint density at radius 2 is 0.641 bits per heavy atom. The molecule has 0 spiro atoms. The summed E-state index contributed by atoms with van der Waals surface area (Å²) in [5, 5.41) is 11.8. The van der Waals surface area contributed by atoms with Gasteiger partial charge in [0.2, 0.25) is 0 Å². The van der Waals surface area contributed by atoms with E-state index in [1.165, 1.54) is 0 Å². The van der Waals surface area contributed by atoms with Gasteiger partial charge in [0.05, 0.1) is 52.4 Å². The van der Waals surface area contributed by atoms with E-state index in [2.05, 4.69) is 0 Å². The molecule has 6 aromatic carbocycles. The van der Waals surface area contributed by atoms with Crippen molar-refractivity contribution in [1.29, 1.82) is 0 Å². The molecule has 8 rings (SSSR count). The van der Waals surface area contributed by atoms with Crippen molar-refractivity contribution in [1.82, 2.24) is 0 Å². The second-order valence-electron chi connectivity index (χ2n) is 16.2. The molecule has 10 heteroatoms. The van der Waals surface area contributed by atoms with Crippen LogP contribution in [-0.2, 0) is 82.3 Å². The highest BCUT2D eigenvalue weighted by Crippen LogP contribution is 2.34. The van der Waals surface area contributed by atoms with Crippen LogP contribution < -0.4 is 0 Å². The van der Waals surface area contributed by atoms with Crippen LogP contribution in [0.1, 0.15) is 40.3 Å². The van der Waals surface area contributed by atoms with Gasteiger partial charge in [-0.2, -0.15) is 0 Å². The van der Waals surface area contributed by atoms with E-state index in [0.29, 0.717) is 13.2 Å². The molecule has 10 atom stereocenters. The lowest BCUT2D eigenvalue weighted by Crippen LogP contribution is -2.63. The van der Waals surface area contributed by atoms with Crippen molar-refractivity contribution in [3.63, 3.8) is 0 Å². The quantitative estimate of drug-likeness (QED) is 0.0755. The van der Waals surface area contributed by atoms with Crippen molar-refractivity contribution in [2.45, 2.75) is 108 Å². The second kappa shape index (κ2) is 23.7. The van der Waals surface area contributed by atoms with E-state index in [0.717, 1.165) is 33.4 Å². The zero-order valence-electron chi connectivity index (χ0n) is 36.2. The average Bonchev–Trinajstić information content (AvgIpc) is 3.35. The molecule has 1 N–H and O–H groups in total. The topological polar surface area (TPSA) is 103 Å². The Bertz CT molecular complexity index is 2030. The van der Waals surface area contributed by atoms with Crippen molar-refractivity contribution in [2.75, 3.05) is 6.61 Å². The lowest BCUT2D eigenvalue weighted by molar-refractivity contribution is -0.345. The maximum absolute atomic E-state index is 11.8. The number of ether oxygens (including phenoxy) is 9. The lowest BCUT2D eigenvalue weighted by atomic mass is 9.97. The Balaban J connectivity index is 1.07. The van der Waals surface area contributed by atoms with Gasteiger partial charge in [0.15, 0.2) is 12.6 Å². The van der Waals surface area contributed by atoms with Crippen molar-refractivity contribution >= 4 is 0 Å².